The highest BCUT2D eigenvalue weighted by Crippen LogP contribution is 2.03. The Hall–Kier alpha value is -0.220. The number of aliphatic imine (C=N–C) groups is 1. The Morgan fingerprint density at radius 2 is 2.13 bits per heavy atom. The zero-order chi connectivity index (χ0) is 10.9. The van der Waals surface area contributed by atoms with Crippen molar-refractivity contribution >= 4 is 17.8 Å². The molecule has 0 aromatic carbocycles. The lowest BCUT2D eigenvalue weighted by Crippen LogP contribution is -2.41. The van der Waals surface area contributed by atoms with Gasteiger partial charge in [-0.05, 0) is 32.4 Å². The van der Waals surface area contributed by atoms with E-state index in [0.29, 0.717) is 6.04 Å². The predicted molar refractivity (Wildman–Crippen MR) is 69.8 cm³/mol. The van der Waals surface area contributed by atoms with Crippen LogP contribution in [0.5, 0.6) is 0 Å². The van der Waals surface area contributed by atoms with E-state index in [0.717, 1.165) is 24.8 Å². The second kappa shape index (κ2) is 7.99. The summed E-state index contributed by atoms with van der Waals surface area (Å²) in [6, 6.07) is 0.564. The maximum Gasteiger partial charge on any atom is 0.153 e. The number of hydrogen-bond acceptors (Lipinski definition) is 2. The Labute approximate surface area is 98.5 Å². The molecule has 1 aliphatic rings. The summed E-state index contributed by atoms with van der Waals surface area (Å²) in [6.07, 6.45) is 6.04. The second-order valence-electron chi connectivity index (χ2n) is 4.08. The molecule has 3 nitrogen and oxygen atoms in total. The molecule has 1 fully saturated rings. The maximum absolute atomic E-state index is 4.41. The molecule has 0 aromatic heterocycles. The molecule has 0 unspecified atom stereocenters. The first kappa shape index (κ1) is 12.8. The molecule has 15 heavy (non-hydrogen) atoms. The topological polar surface area (TPSA) is 36.4 Å². The summed E-state index contributed by atoms with van der Waals surface area (Å²) in [6.45, 7) is 5.33. The molecule has 2 N–H and O–H groups in total. The number of piperidine rings is 1. The second-order valence-corrected chi connectivity index (χ2v) is 4.50. The van der Waals surface area contributed by atoms with Crippen LogP contribution in [0.2, 0.25) is 0 Å². The van der Waals surface area contributed by atoms with E-state index in [1.54, 1.807) is 0 Å². The average Bonchev–Trinajstić information content (AvgIpc) is 2.26. The van der Waals surface area contributed by atoms with Crippen LogP contribution < -0.4 is 10.6 Å². The van der Waals surface area contributed by atoms with E-state index in [1.807, 2.05) is 0 Å². The van der Waals surface area contributed by atoms with Crippen LogP contribution in [0.4, 0.5) is 0 Å². The summed E-state index contributed by atoms with van der Waals surface area (Å²) in [5.74, 6) is 0. The zero-order valence-corrected chi connectivity index (χ0v) is 10.5. The van der Waals surface area contributed by atoms with Gasteiger partial charge in [0.25, 0.3) is 0 Å². The largest absolute Gasteiger partial charge is 0.362 e. The van der Waals surface area contributed by atoms with E-state index >= 15 is 0 Å². The summed E-state index contributed by atoms with van der Waals surface area (Å²) in [4.78, 5) is 4.41. The smallest absolute Gasteiger partial charge is 0.153 e. The summed E-state index contributed by atoms with van der Waals surface area (Å²) >= 11 is 4.36. The third kappa shape index (κ3) is 6.05. The van der Waals surface area contributed by atoms with Crippen LogP contribution in [0.15, 0.2) is 4.99 Å². The molecule has 0 atom stereocenters. The minimum atomic E-state index is 0.564. The normalized spacial score (nSPS) is 19.2. The van der Waals surface area contributed by atoms with Gasteiger partial charge in [-0.3, -0.25) is 4.99 Å². The van der Waals surface area contributed by atoms with Crippen molar-refractivity contribution in [3.63, 3.8) is 0 Å². The standard InChI is InChI=1S/C11H23N3S/c1-2-3-4-7-13-11(15)14-10-5-8-12-9-6-10/h10,12H,2-9H2,1H3,(H2,13,14,15). The molecule has 1 saturated heterocycles. The molecule has 1 rings (SSSR count). The van der Waals surface area contributed by atoms with Crippen molar-refractivity contribution in [2.24, 2.45) is 4.99 Å². The number of hydrogen-bond donors (Lipinski definition) is 3. The molecular weight excluding hydrogens is 206 g/mol. The Balaban J connectivity index is 2.12. The quantitative estimate of drug-likeness (QED) is 0.291. The third-order valence-electron chi connectivity index (χ3n) is 2.70. The third-order valence-corrected chi connectivity index (χ3v) is 2.97. The first-order valence-electron chi connectivity index (χ1n) is 6.03. The fraction of sp³-hybridized carbons (Fsp3) is 0.909. The maximum atomic E-state index is 4.41. The van der Waals surface area contributed by atoms with E-state index in [-0.39, 0.29) is 0 Å². The minimum absolute atomic E-state index is 0.564. The van der Waals surface area contributed by atoms with Gasteiger partial charge in [0.1, 0.15) is 0 Å². The van der Waals surface area contributed by atoms with Gasteiger partial charge in [0.05, 0.1) is 0 Å². The van der Waals surface area contributed by atoms with E-state index in [1.165, 1.54) is 32.1 Å². The van der Waals surface area contributed by atoms with Crippen LogP contribution >= 0.6 is 12.6 Å². The van der Waals surface area contributed by atoms with Crippen LogP contribution in [0.25, 0.3) is 0 Å². The predicted octanol–water partition coefficient (Wildman–Crippen LogP) is 1.80. The summed E-state index contributed by atoms with van der Waals surface area (Å²) < 4.78 is 0. The fourth-order valence-corrected chi connectivity index (χ4v) is 2.02. The molecule has 0 saturated carbocycles. The molecule has 0 radical (unpaired) electrons. The SMILES string of the molecule is CCCCC/N=C(\S)NC1CCNCC1. The highest BCUT2D eigenvalue weighted by molar-refractivity contribution is 7.96. The van der Waals surface area contributed by atoms with Gasteiger partial charge in [-0.25, -0.2) is 0 Å². The van der Waals surface area contributed by atoms with Crippen LogP contribution in [0.3, 0.4) is 0 Å². The number of thiol groups is 1. The fourth-order valence-electron chi connectivity index (χ4n) is 1.74. The lowest BCUT2D eigenvalue weighted by Gasteiger charge is -2.23. The van der Waals surface area contributed by atoms with Crippen molar-refractivity contribution in [3.05, 3.63) is 0 Å². The van der Waals surface area contributed by atoms with Crippen LogP contribution in [0, 0.1) is 0 Å². The first-order valence-corrected chi connectivity index (χ1v) is 6.48. The Bertz CT molecular complexity index is 188. The number of nitrogens with one attached hydrogen (secondary N) is 2. The molecule has 0 amide bonds. The van der Waals surface area contributed by atoms with Crippen molar-refractivity contribution < 1.29 is 0 Å². The Kier molecular flexibility index (Phi) is 6.85. The van der Waals surface area contributed by atoms with Gasteiger partial charge < -0.3 is 10.6 Å². The monoisotopic (exact) mass is 229 g/mol. The highest BCUT2D eigenvalue weighted by Gasteiger charge is 2.12. The van der Waals surface area contributed by atoms with Crippen LogP contribution in [-0.2, 0) is 0 Å². The van der Waals surface area contributed by atoms with Crippen molar-refractivity contribution in [1.29, 1.82) is 0 Å². The van der Waals surface area contributed by atoms with Crippen molar-refractivity contribution in [2.75, 3.05) is 19.6 Å². The van der Waals surface area contributed by atoms with Gasteiger partial charge in [-0.2, -0.15) is 0 Å². The Morgan fingerprint density at radius 3 is 2.80 bits per heavy atom. The lowest BCUT2D eigenvalue weighted by molar-refractivity contribution is 0.431. The zero-order valence-electron chi connectivity index (χ0n) is 9.63. The van der Waals surface area contributed by atoms with Crippen LogP contribution in [-0.4, -0.2) is 30.8 Å². The molecule has 0 bridgehead atoms. The average molecular weight is 229 g/mol. The van der Waals surface area contributed by atoms with E-state index in [4.69, 9.17) is 0 Å². The molecule has 1 heterocycles. The Morgan fingerprint density at radius 1 is 1.40 bits per heavy atom. The number of unbranched alkanes of at least 4 members (excludes halogenated alkanes) is 2. The first-order chi connectivity index (χ1) is 7.33. The highest BCUT2D eigenvalue weighted by atomic mass is 32.1. The molecule has 1 aliphatic heterocycles. The van der Waals surface area contributed by atoms with E-state index in [9.17, 15) is 0 Å². The summed E-state index contributed by atoms with van der Waals surface area (Å²) in [7, 11) is 0. The van der Waals surface area contributed by atoms with Gasteiger partial charge in [0, 0.05) is 12.6 Å². The lowest BCUT2D eigenvalue weighted by atomic mass is 10.1. The van der Waals surface area contributed by atoms with Gasteiger partial charge in [0.15, 0.2) is 5.17 Å². The van der Waals surface area contributed by atoms with Crippen molar-refractivity contribution in [3.8, 4) is 0 Å². The summed E-state index contributed by atoms with van der Waals surface area (Å²) in [5, 5.41) is 7.53. The molecular formula is C11H23N3S. The van der Waals surface area contributed by atoms with E-state index < -0.39 is 0 Å². The summed E-state index contributed by atoms with van der Waals surface area (Å²) in [5.41, 5.74) is 0. The van der Waals surface area contributed by atoms with Crippen molar-refractivity contribution in [1.82, 2.24) is 10.6 Å². The number of amidine groups is 1. The number of nitrogens with zero attached hydrogens (tertiary/aromatic N) is 1. The van der Waals surface area contributed by atoms with Gasteiger partial charge in [-0.1, -0.05) is 19.8 Å². The van der Waals surface area contributed by atoms with E-state index in [2.05, 4.69) is 35.2 Å². The molecule has 88 valence electrons. The van der Waals surface area contributed by atoms with Crippen LogP contribution in [0.1, 0.15) is 39.0 Å². The van der Waals surface area contributed by atoms with Crippen molar-refractivity contribution in [2.45, 2.75) is 45.1 Å². The minimum Gasteiger partial charge on any atom is -0.362 e. The molecule has 0 aliphatic carbocycles. The van der Waals surface area contributed by atoms with Gasteiger partial charge in [0.2, 0.25) is 0 Å². The molecule has 4 heteroatoms. The molecule has 0 aromatic rings. The molecule has 0 spiro atoms. The number of rotatable bonds is 5. The van der Waals surface area contributed by atoms with Gasteiger partial charge in [-0.15, -0.1) is 12.6 Å². The van der Waals surface area contributed by atoms with Gasteiger partial charge >= 0.3 is 0 Å².